The highest BCUT2D eigenvalue weighted by Crippen LogP contribution is 2.33. The number of nitrogens with one attached hydrogen (secondary N) is 4. The molecule has 4 amide bonds. The van der Waals surface area contributed by atoms with Crippen molar-refractivity contribution in [2.75, 3.05) is 24.6 Å². The molecule has 0 saturated carbocycles. The summed E-state index contributed by atoms with van der Waals surface area (Å²) in [6.07, 6.45) is 24.0. The van der Waals surface area contributed by atoms with Crippen LogP contribution in [0, 0.1) is 0 Å². The Morgan fingerprint density at radius 2 is 1.15 bits per heavy atom. The molecule has 2 rings (SSSR count). The highest BCUT2D eigenvalue weighted by molar-refractivity contribution is 8.00. The van der Waals surface area contributed by atoms with Gasteiger partial charge in [0.15, 0.2) is 0 Å². The summed E-state index contributed by atoms with van der Waals surface area (Å²) in [5.74, 6) is 2.32. The summed E-state index contributed by atoms with van der Waals surface area (Å²) in [6.45, 7) is 1.45. The van der Waals surface area contributed by atoms with Gasteiger partial charge in [-0.1, -0.05) is 77.0 Å². The van der Waals surface area contributed by atoms with Crippen molar-refractivity contribution in [1.29, 1.82) is 0 Å². The molecule has 0 bridgehead atoms. The van der Waals surface area contributed by atoms with Gasteiger partial charge in [0.05, 0.1) is 12.1 Å². The van der Waals surface area contributed by atoms with Crippen LogP contribution in [0.25, 0.3) is 0 Å². The fourth-order valence-electron chi connectivity index (χ4n) is 5.68. The van der Waals surface area contributed by atoms with Crippen LogP contribution in [0.5, 0.6) is 0 Å². The molecule has 9 heteroatoms. The Hall–Kier alpha value is -1.09. The molecule has 2 saturated heterocycles. The molecule has 0 radical (unpaired) electrons. The summed E-state index contributed by atoms with van der Waals surface area (Å²) in [5, 5.41) is 12.5. The van der Waals surface area contributed by atoms with E-state index >= 15 is 0 Å². The number of thiol groups is 1. The van der Waals surface area contributed by atoms with Crippen molar-refractivity contribution in [2.24, 2.45) is 0 Å². The van der Waals surface area contributed by atoms with E-state index in [1.54, 1.807) is 0 Å². The van der Waals surface area contributed by atoms with E-state index < -0.39 is 0 Å². The number of amides is 4. The maximum Gasteiger partial charge on any atom is 0.315 e. The van der Waals surface area contributed by atoms with Crippen LogP contribution in [0.4, 0.5) is 4.79 Å². The minimum absolute atomic E-state index is 0.0407. The van der Waals surface area contributed by atoms with Crippen LogP contribution in [-0.2, 0) is 9.59 Å². The quantitative estimate of drug-likeness (QED) is 0.0446. The van der Waals surface area contributed by atoms with Crippen molar-refractivity contribution < 1.29 is 14.4 Å². The molecule has 7 nitrogen and oxygen atoms in total. The normalized spacial score (nSPS) is 19.7. The third kappa shape index (κ3) is 17.0. The lowest BCUT2D eigenvalue weighted by atomic mass is 10.0. The minimum atomic E-state index is -0.0407. The van der Waals surface area contributed by atoms with Crippen molar-refractivity contribution in [3.05, 3.63) is 0 Å². The van der Waals surface area contributed by atoms with Gasteiger partial charge in [0.25, 0.3) is 0 Å². The van der Waals surface area contributed by atoms with E-state index in [4.69, 9.17) is 0 Å². The summed E-state index contributed by atoms with van der Waals surface area (Å²) in [6, 6.07) is 0.478. The average molecular weight is 599 g/mol. The highest BCUT2D eigenvalue weighted by Gasteiger charge is 2.42. The minimum Gasteiger partial charge on any atom is -0.356 e. The molecule has 2 aliphatic heterocycles. The number of hydrogen-bond acceptors (Lipinski definition) is 5. The lowest BCUT2D eigenvalue weighted by molar-refractivity contribution is -0.121. The highest BCUT2D eigenvalue weighted by atomic mass is 32.2. The van der Waals surface area contributed by atoms with Gasteiger partial charge in [-0.05, 0) is 50.7 Å². The van der Waals surface area contributed by atoms with Gasteiger partial charge < -0.3 is 21.3 Å². The lowest BCUT2D eigenvalue weighted by Crippen LogP contribution is -2.36. The monoisotopic (exact) mass is 598 g/mol. The van der Waals surface area contributed by atoms with Gasteiger partial charge in [-0.3, -0.25) is 9.59 Å². The van der Waals surface area contributed by atoms with Crippen molar-refractivity contribution in [3.63, 3.8) is 0 Å². The zero-order valence-corrected chi connectivity index (χ0v) is 26.7. The first-order valence-corrected chi connectivity index (χ1v) is 18.1. The number of carbonyl (C=O) groups is 3. The molecule has 4 N–H and O–H groups in total. The van der Waals surface area contributed by atoms with Gasteiger partial charge in [-0.15, -0.1) is 0 Å². The van der Waals surface area contributed by atoms with Crippen LogP contribution in [-0.4, -0.2) is 59.8 Å². The van der Waals surface area contributed by atoms with E-state index in [0.717, 1.165) is 69.4 Å². The van der Waals surface area contributed by atoms with Gasteiger partial charge in [0.1, 0.15) is 0 Å². The number of hydrogen-bond donors (Lipinski definition) is 5. The first-order chi connectivity index (χ1) is 19.6. The van der Waals surface area contributed by atoms with Crippen LogP contribution >= 0.6 is 24.4 Å². The number of unbranched alkanes of at least 4 members (excludes halogenated alkanes) is 15. The van der Waals surface area contributed by atoms with Crippen molar-refractivity contribution >= 4 is 42.2 Å². The average Bonchev–Trinajstić information content (AvgIpc) is 3.49. The van der Waals surface area contributed by atoms with Gasteiger partial charge in [0, 0.05) is 36.9 Å². The van der Waals surface area contributed by atoms with Gasteiger partial charge in [-0.2, -0.15) is 24.4 Å². The van der Waals surface area contributed by atoms with E-state index in [2.05, 4.69) is 33.9 Å². The van der Waals surface area contributed by atoms with Crippen molar-refractivity contribution in [2.45, 2.75) is 152 Å². The number of fused-ring (bicyclic) bond motifs is 1. The Kier molecular flexibility index (Phi) is 20.6. The van der Waals surface area contributed by atoms with Gasteiger partial charge in [0.2, 0.25) is 11.8 Å². The molecule has 2 aliphatic rings. The molecular weight excluding hydrogens is 541 g/mol. The topological polar surface area (TPSA) is 99.3 Å². The molecule has 2 fully saturated rings. The molecule has 0 aromatic rings. The molecule has 0 aromatic carbocycles. The second-order valence-corrected chi connectivity index (χ2v) is 13.4. The van der Waals surface area contributed by atoms with E-state index in [1.807, 2.05) is 11.8 Å². The molecule has 3 atom stereocenters. The second kappa shape index (κ2) is 23.5. The second-order valence-electron chi connectivity index (χ2n) is 11.7. The predicted molar refractivity (Wildman–Crippen MR) is 172 cm³/mol. The predicted octanol–water partition coefficient (Wildman–Crippen LogP) is 6.51. The standard InChI is InChI=1S/C31H58N4O3S2/c36-28(20-13-10-8-6-4-2-1-3-5-7-9-11-18-24-39)32-22-16-12-17-23-33-29(37)21-15-14-19-27-30-26(25-40-27)34-31(38)35-30/h26-27,30,39H,1-25H2,(H,32,36)(H,33,37)(H2,34,35,38)/t26-,27-,30-/m0/s1. The van der Waals surface area contributed by atoms with Gasteiger partial charge in [-0.25, -0.2) is 4.79 Å². The van der Waals surface area contributed by atoms with Gasteiger partial charge >= 0.3 is 6.03 Å². The Balaban J connectivity index is 1.26. The van der Waals surface area contributed by atoms with E-state index in [0.29, 0.717) is 24.6 Å². The van der Waals surface area contributed by atoms with Crippen LogP contribution in [0.3, 0.4) is 0 Å². The van der Waals surface area contributed by atoms with E-state index in [-0.39, 0.29) is 29.9 Å². The summed E-state index contributed by atoms with van der Waals surface area (Å²) in [4.78, 5) is 35.6. The fourth-order valence-corrected chi connectivity index (χ4v) is 7.44. The molecular formula is C31H58N4O3S2. The summed E-state index contributed by atoms with van der Waals surface area (Å²) < 4.78 is 0. The Morgan fingerprint density at radius 3 is 1.70 bits per heavy atom. The Labute approximate surface area is 254 Å². The van der Waals surface area contributed by atoms with E-state index in [1.165, 1.54) is 70.6 Å². The zero-order chi connectivity index (χ0) is 28.7. The van der Waals surface area contributed by atoms with Crippen LogP contribution < -0.4 is 21.3 Å². The van der Waals surface area contributed by atoms with Crippen molar-refractivity contribution in [1.82, 2.24) is 21.3 Å². The summed E-state index contributed by atoms with van der Waals surface area (Å²) in [5.41, 5.74) is 0. The third-order valence-corrected chi connectivity index (χ3v) is 9.97. The van der Waals surface area contributed by atoms with Crippen LogP contribution in [0.2, 0.25) is 0 Å². The summed E-state index contributed by atoms with van der Waals surface area (Å²) >= 11 is 6.19. The number of carbonyl (C=O) groups excluding carboxylic acids is 3. The number of thioether (sulfide) groups is 1. The largest absolute Gasteiger partial charge is 0.356 e. The lowest BCUT2D eigenvalue weighted by Gasteiger charge is -2.16. The first kappa shape index (κ1) is 35.1. The smallest absolute Gasteiger partial charge is 0.315 e. The molecule has 0 spiro atoms. The molecule has 232 valence electrons. The molecule has 40 heavy (non-hydrogen) atoms. The summed E-state index contributed by atoms with van der Waals surface area (Å²) in [7, 11) is 0. The molecule has 2 heterocycles. The number of rotatable bonds is 26. The maximum absolute atomic E-state index is 12.1. The van der Waals surface area contributed by atoms with E-state index in [9.17, 15) is 14.4 Å². The van der Waals surface area contributed by atoms with Crippen LogP contribution in [0.15, 0.2) is 0 Å². The Bertz CT molecular complexity index is 697. The molecule has 0 aliphatic carbocycles. The molecule has 0 unspecified atom stereocenters. The zero-order valence-electron chi connectivity index (χ0n) is 25.0. The van der Waals surface area contributed by atoms with Crippen LogP contribution in [0.1, 0.15) is 135 Å². The maximum atomic E-state index is 12.1. The fraction of sp³-hybridized carbons (Fsp3) is 0.903. The first-order valence-electron chi connectivity index (χ1n) is 16.4. The molecule has 0 aromatic heterocycles. The van der Waals surface area contributed by atoms with Crippen molar-refractivity contribution in [3.8, 4) is 0 Å². The Morgan fingerprint density at radius 1 is 0.675 bits per heavy atom. The SMILES string of the molecule is O=C(CCCCCCCCCCCCCCCS)NCCCCCNC(=O)CCCC[C@@H]1SC[C@@H]2NC(=O)N[C@@H]21. The third-order valence-electron chi connectivity index (χ3n) is 8.14. The number of urea groups is 1.